The maximum atomic E-state index is 11.5. The summed E-state index contributed by atoms with van der Waals surface area (Å²) in [7, 11) is -3.06. The van der Waals surface area contributed by atoms with E-state index in [0.29, 0.717) is 19.5 Å². The smallest absolute Gasteiger partial charge is 0.211 e. The van der Waals surface area contributed by atoms with E-state index in [9.17, 15) is 8.42 Å². The minimum Gasteiger partial charge on any atom is -0.395 e. The van der Waals surface area contributed by atoms with Gasteiger partial charge in [0.2, 0.25) is 10.0 Å². The van der Waals surface area contributed by atoms with Crippen LogP contribution in [-0.4, -0.2) is 61.8 Å². The molecule has 0 aliphatic carbocycles. The van der Waals surface area contributed by atoms with Gasteiger partial charge in [0.1, 0.15) is 0 Å². The van der Waals surface area contributed by atoms with Crippen LogP contribution in [-0.2, 0) is 16.6 Å². The zero-order valence-corrected chi connectivity index (χ0v) is 13.7. The molecule has 7 heteroatoms. The Labute approximate surface area is 130 Å². The SMILES string of the molecule is CS(=O)(=O)N1CCN(Cc2cc(C#CCCO)cs2)CC1. The van der Waals surface area contributed by atoms with Gasteiger partial charge in [-0.15, -0.1) is 11.3 Å². The molecule has 0 radical (unpaired) electrons. The van der Waals surface area contributed by atoms with Crippen LogP contribution in [0.5, 0.6) is 0 Å². The Kier molecular flexibility index (Phi) is 5.79. The van der Waals surface area contributed by atoms with Crippen LogP contribution in [0.4, 0.5) is 0 Å². The Morgan fingerprint density at radius 3 is 2.67 bits per heavy atom. The molecule has 0 unspecified atom stereocenters. The molecule has 1 N–H and O–H groups in total. The fourth-order valence-corrected chi connectivity index (χ4v) is 3.87. The van der Waals surface area contributed by atoms with Gasteiger partial charge < -0.3 is 5.11 Å². The first-order valence-corrected chi connectivity index (χ1v) is 9.56. The third-order valence-corrected chi connectivity index (χ3v) is 5.53. The van der Waals surface area contributed by atoms with Gasteiger partial charge in [0, 0.05) is 55.0 Å². The van der Waals surface area contributed by atoms with E-state index in [1.807, 2.05) is 5.38 Å². The summed E-state index contributed by atoms with van der Waals surface area (Å²) in [6.45, 7) is 3.58. The lowest BCUT2D eigenvalue weighted by molar-refractivity contribution is 0.183. The normalized spacial score (nSPS) is 17.4. The maximum absolute atomic E-state index is 11.5. The molecule has 2 rings (SSSR count). The summed E-state index contributed by atoms with van der Waals surface area (Å²) in [5, 5.41) is 10.7. The van der Waals surface area contributed by atoms with Crippen molar-refractivity contribution in [3.05, 3.63) is 21.9 Å². The van der Waals surface area contributed by atoms with Crippen LogP contribution >= 0.6 is 11.3 Å². The number of hydrogen-bond donors (Lipinski definition) is 1. The molecule has 1 aromatic rings. The molecule has 5 nitrogen and oxygen atoms in total. The molecular formula is C14H20N2O3S2. The molecule has 21 heavy (non-hydrogen) atoms. The third-order valence-electron chi connectivity index (χ3n) is 3.30. The summed E-state index contributed by atoms with van der Waals surface area (Å²) in [5.41, 5.74) is 0.984. The molecule has 116 valence electrons. The van der Waals surface area contributed by atoms with Gasteiger partial charge >= 0.3 is 0 Å². The monoisotopic (exact) mass is 328 g/mol. The molecule has 1 fully saturated rings. The Bertz CT molecular complexity index is 620. The second-order valence-electron chi connectivity index (χ2n) is 5.02. The van der Waals surface area contributed by atoms with Crippen LogP contribution in [0.15, 0.2) is 11.4 Å². The zero-order valence-electron chi connectivity index (χ0n) is 12.1. The lowest BCUT2D eigenvalue weighted by Gasteiger charge is -2.32. The number of thiophene rings is 1. The Hall–Kier alpha value is -0.910. The average Bonchev–Trinajstić information content (AvgIpc) is 2.86. The summed E-state index contributed by atoms with van der Waals surface area (Å²) in [4.78, 5) is 3.49. The maximum Gasteiger partial charge on any atom is 0.211 e. The number of hydrogen-bond acceptors (Lipinski definition) is 5. The quantitative estimate of drug-likeness (QED) is 0.821. The molecule has 0 amide bonds. The van der Waals surface area contributed by atoms with Crippen LogP contribution in [0, 0.1) is 11.8 Å². The van der Waals surface area contributed by atoms with Gasteiger partial charge in [-0.2, -0.15) is 4.31 Å². The van der Waals surface area contributed by atoms with Crippen molar-refractivity contribution < 1.29 is 13.5 Å². The topological polar surface area (TPSA) is 60.9 Å². The number of aliphatic hydroxyl groups is 1. The lowest BCUT2D eigenvalue weighted by Crippen LogP contribution is -2.47. The van der Waals surface area contributed by atoms with Gasteiger partial charge in [-0.1, -0.05) is 11.8 Å². The fraction of sp³-hybridized carbons (Fsp3) is 0.571. The fourth-order valence-electron chi connectivity index (χ4n) is 2.19. The van der Waals surface area contributed by atoms with Crippen molar-refractivity contribution in [2.45, 2.75) is 13.0 Å². The van der Waals surface area contributed by atoms with Crippen molar-refractivity contribution in [3.63, 3.8) is 0 Å². The van der Waals surface area contributed by atoms with Gasteiger partial charge in [-0.3, -0.25) is 4.90 Å². The van der Waals surface area contributed by atoms with Crippen LogP contribution in [0.3, 0.4) is 0 Å². The highest BCUT2D eigenvalue weighted by Gasteiger charge is 2.23. The van der Waals surface area contributed by atoms with E-state index in [1.165, 1.54) is 15.4 Å². The van der Waals surface area contributed by atoms with E-state index >= 15 is 0 Å². The molecule has 1 aliphatic heterocycles. The third kappa shape index (κ3) is 5.09. The van der Waals surface area contributed by atoms with E-state index in [1.54, 1.807) is 11.3 Å². The van der Waals surface area contributed by atoms with Crippen molar-refractivity contribution in [2.24, 2.45) is 0 Å². The lowest BCUT2D eigenvalue weighted by atomic mass is 10.3. The molecular weight excluding hydrogens is 308 g/mol. The Morgan fingerprint density at radius 2 is 2.05 bits per heavy atom. The molecule has 2 heterocycles. The van der Waals surface area contributed by atoms with Crippen molar-refractivity contribution in [1.29, 1.82) is 0 Å². The predicted molar refractivity (Wildman–Crippen MR) is 84.6 cm³/mol. The summed E-state index contributed by atoms with van der Waals surface area (Å²) in [6.07, 6.45) is 1.76. The molecule has 0 aromatic carbocycles. The van der Waals surface area contributed by atoms with E-state index in [2.05, 4.69) is 22.8 Å². The van der Waals surface area contributed by atoms with Crippen molar-refractivity contribution in [1.82, 2.24) is 9.21 Å². The van der Waals surface area contributed by atoms with Gasteiger partial charge in [0.15, 0.2) is 0 Å². The second-order valence-corrected chi connectivity index (χ2v) is 7.99. The minimum atomic E-state index is -3.06. The standard InChI is InChI=1S/C14H20N2O3S2/c1-21(18,19)16-7-5-15(6-8-16)11-14-10-13(12-20-14)4-2-3-9-17/h10,12,17H,3,5-9,11H2,1H3. The molecule has 1 aliphatic rings. The molecule has 0 bridgehead atoms. The molecule has 0 saturated carbocycles. The van der Waals surface area contributed by atoms with Crippen LogP contribution in [0.2, 0.25) is 0 Å². The first-order chi connectivity index (χ1) is 9.99. The first-order valence-electron chi connectivity index (χ1n) is 6.83. The largest absolute Gasteiger partial charge is 0.395 e. The van der Waals surface area contributed by atoms with Crippen molar-refractivity contribution in [3.8, 4) is 11.8 Å². The van der Waals surface area contributed by atoms with Crippen LogP contribution in [0.25, 0.3) is 0 Å². The van der Waals surface area contributed by atoms with E-state index in [4.69, 9.17) is 5.11 Å². The highest BCUT2D eigenvalue weighted by Crippen LogP contribution is 2.17. The summed E-state index contributed by atoms with van der Waals surface area (Å²) in [6, 6.07) is 2.07. The number of nitrogens with zero attached hydrogens (tertiary/aromatic N) is 2. The van der Waals surface area contributed by atoms with Gasteiger partial charge in [0.05, 0.1) is 12.9 Å². The number of rotatable bonds is 4. The summed E-state index contributed by atoms with van der Waals surface area (Å²) >= 11 is 1.67. The molecule has 1 aromatic heterocycles. The molecule has 1 saturated heterocycles. The van der Waals surface area contributed by atoms with E-state index in [-0.39, 0.29) is 6.61 Å². The summed E-state index contributed by atoms with van der Waals surface area (Å²) in [5.74, 6) is 5.93. The van der Waals surface area contributed by atoms with E-state index < -0.39 is 10.0 Å². The molecule has 0 spiro atoms. The highest BCUT2D eigenvalue weighted by atomic mass is 32.2. The van der Waals surface area contributed by atoms with Gasteiger partial charge in [0.25, 0.3) is 0 Å². The Balaban J connectivity index is 1.86. The minimum absolute atomic E-state index is 0.0919. The molecule has 0 atom stereocenters. The summed E-state index contributed by atoms with van der Waals surface area (Å²) < 4.78 is 24.4. The van der Waals surface area contributed by atoms with E-state index in [0.717, 1.165) is 25.2 Å². The average molecular weight is 328 g/mol. The van der Waals surface area contributed by atoms with Crippen molar-refractivity contribution in [2.75, 3.05) is 39.0 Å². The predicted octanol–water partition coefficient (Wildman–Crippen LogP) is 0.559. The van der Waals surface area contributed by atoms with Gasteiger partial charge in [-0.05, 0) is 6.07 Å². The number of aliphatic hydroxyl groups excluding tert-OH is 1. The highest BCUT2D eigenvalue weighted by molar-refractivity contribution is 7.88. The number of sulfonamides is 1. The Morgan fingerprint density at radius 1 is 1.33 bits per heavy atom. The first kappa shape index (κ1) is 16.5. The number of piperazine rings is 1. The van der Waals surface area contributed by atoms with Gasteiger partial charge in [-0.25, -0.2) is 8.42 Å². The van der Waals surface area contributed by atoms with Crippen LogP contribution < -0.4 is 0 Å². The zero-order chi connectivity index (χ0) is 15.3. The second kappa shape index (κ2) is 7.38. The van der Waals surface area contributed by atoms with Crippen molar-refractivity contribution >= 4 is 21.4 Å². The van der Waals surface area contributed by atoms with Crippen LogP contribution in [0.1, 0.15) is 16.9 Å².